The molecular formula is C45H74NO10P. The first-order valence-electron chi connectivity index (χ1n) is 20.9. The molecule has 12 heteroatoms. The van der Waals surface area contributed by atoms with Gasteiger partial charge in [-0.25, -0.2) is 4.57 Å². The van der Waals surface area contributed by atoms with Crippen LogP contribution in [0, 0.1) is 0 Å². The van der Waals surface area contributed by atoms with E-state index in [2.05, 4.69) is 62.5 Å². The highest BCUT2D eigenvalue weighted by Crippen LogP contribution is 2.43. The number of aliphatic hydroxyl groups excluding tert-OH is 2. The van der Waals surface area contributed by atoms with Crippen LogP contribution in [0.25, 0.3) is 0 Å². The number of esters is 2. The Bertz CT molecular complexity index is 1290. The molecule has 4 atom stereocenters. The fraction of sp³-hybridized carbons (Fsp3) is 0.600. The molecule has 11 nitrogen and oxygen atoms in total. The molecule has 0 aromatic carbocycles. The average Bonchev–Trinajstić information content (AvgIpc) is 3.18. The van der Waals surface area contributed by atoms with E-state index in [0.29, 0.717) is 25.7 Å². The van der Waals surface area contributed by atoms with Gasteiger partial charge in [-0.2, -0.15) is 0 Å². The summed E-state index contributed by atoms with van der Waals surface area (Å²) >= 11 is 0. The highest BCUT2D eigenvalue weighted by atomic mass is 31.2. The summed E-state index contributed by atoms with van der Waals surface area (Å²) in [6.07, 6.45) is 43.6. The molecule has 57 heavy (non-hydrogen) atoms. The Morgan fingerprint density at radius 2 is 1.19 bits per heavy atom. The van der Waals surface area contributed by atoms with E-state index < -0.39 is 44.7 Å². The molecule has 0 heterocycles. The summed E-state index contributed by atoms with van der Waals surface area (Å²) in [5.41, 5.74) is 5.33. The molecule has 0 saturated heterocycles. The Hall–Kier alpha value is -3.15. The molecule has 5 N–H and O–H groups in total. The molecule has 0 rings (SSSR count). The lowest BCUT2D eigenvalue weighted by molar-refractivity contribution is -0.161. The van der Waals surface area contributed by atoms with Crippen molar-refractivity contribution in [1.29, 1.82) is 0 Å². The Morgan fingerprint density at radius 3 is 1.81 bits per heavy atom. The fourth-order valence-corrected chi connectivity index (χ4v) is 5.78. The Morgan fingerprint density at radius 1 is 0.632 bits per heavy atom. The summed E-state index contributed by atoms with van der Waals surface area (Å²) in [7, 11) is -4.45. The van der Waals surface area contributed by atoms with Crippen molar-refractivity contribution in [2.24, 2.45) is 5.73 Å². The van der Waals surface area contributed by atoms with Crippen molar-refractivity contribution in [1.82, 2.24) is 0 Å². The van der Waals surface area contributed by atoms with Crippen molar-refractivity contribution in [2.75, 3.05) is 26.4 Å². The van der Waals surface area contributed by atoms with Crippen molar-refractivity contribution < 1.29 is 47.8 Å². The number of carbonyl (C=O) groups excluding carboxylic acids is 2. The molecule has 0 bridgehead atoms. The van der Waals surface area contributed by atoms with Crippen LogP contribution in [0.5, 0.6) is 0 Å². The number of ether oxygens (including phenoxy) is 2. The largest absolute Gasteiger partial charge is 0.472 e. The van der Waals surface area contributed by atoms with E-state index in [1.165, 1.54) is 0 Å². The van der Waals surface area contributed by atoms with E-state index in [0.717, 1.165) is 77.0 Å². The maximum absolute atomic E-state index is 12.6. The monoisotopic (exact) mass is 820 g/mol. The van der Waals surface area contributed by atoms with E-state index >= 15 is 0 Å². The molecule has 0 aliphatic heterocycles. The molecular weight excluding hydrogens is 745 g/mol. The van der Waals surface area contributed by atoms with Gasteiger partial charge in [0.25, 0.3) is 0 Å². The summed E-state index contributed by atoms with van der Waals surface area (Å²) in [5, 5.41) is 20.1. The molecule has 1 unspecified atom stereocenters. The highest BCUT2D eigenvalue weighted by molar-refractivity contribution is 7.47. The minimum absolute atomic E-state index is 0.0105. The first-order valence-corrected chi connectivity index (χ1v) is 22.4. The third-order valence-electron chi connectivity index (χ3n) is 8.16. The van der Waals surface area contributed by atoms with Crippen molar-refractivity contribution >= 4 is 19.8 Å². The van der Waals surface area contributed by atoms with Gasteiger partial charge in [0.2, 0.25) is 0 Å². The van der Waals surface area contributed by atoms with Crippen molar-refractivity contribution in [3.05, 3.63) is 97.2 Å². The number of unbranched alkanes of at least 4 members (excludes halogenated alkanes) is 6. The van der Waals surface area contributed by atoms with E-state index in [1.54, 1.807) is 18.2 Å². The van der Waals surface area contributed by atoms with Crippen LogP contribution < -0.4 is 5.73 Å². The fourth-order valence-electron chi connectivity index (χ4n) is 5.01. The summed E-state index contributed by atoms with van der Waals surface area (Å²) < 4.78 is 32.5. The van der Waals surface area contributed by atoms with E-state index in [1.807, 2.05) is 30.4 Å². The number of hydrogen-bond acceptors (Lipinski definition) is 10. The van der Waals surface area contributed by atoms with Crippen LogP contribution in [0.1, 0.15) is 129 Å². The second-order valence-electron chi connectivity index (χ2n) is 13.5. The second kappa shape index (κ2) is 39.7. The molecule has 324 valence electrons. The van der Waals surface area contributed by atoms with Gasteiger partial charge in [-0.05, 0) is 70.6 Å². The number of rotatable bonds is 37. The minimum atomic E-state index is -4.45. The van der Waals surface area contributed by atoms with Crippen LogP contribution in [0.15, 0.2) is 97.2 Å². The summed E-state index contributed by atoms with van der Waals surface area (Å²) in [6, 6.07) is 0. The maximum Gasteiger partial charge on any atom is 0.472 e. The third-order valence-corrected chi connectivity index (χ3v) is 9.15. The van der Waals surface area contributed by atoms with Crippen LogP contribution in [-0.2, 0) is 32.7 Å². The van der Waals surface area contributed by atoms with Gasteiger partial charge < -0.3 is 30.3 Å². The first kappa shape index (κ1) is 53.9. The lowest BCUT2D eigenvalue weighted by Crippen LogP contribution is -2.29. The number of phosphoric ester groups is 1. The van der Waals surface area contributed by atoms with E-state index in [-0.39, 0.29) is 32.6 Å². The number of carbonyl (C=O) groups is 2. The molecule has 0 aromatic rings. The van der Waals surface area contributed by atoms with Crippen LogP contribution >= 0.6 is 7.82 Å². The van der Waals surface area contributed by atoms with Crippen molar-refractivity contribution in [3.63, 3.8) is 0 Å². The van der Waals surface area contributed by atoms with Crippen molar-refractivity contribution in [2.45, 2.75) is 148 Å². The zero-order valence-electron chi connectivity index (χ0n) is 34.7. The van der Waals surface area contributed by atoms with E-state index in [9.17, 15) is 29.3 Å². The highest BCUT2D eigenvalue weighted by Gasteiger charge is 2.26. The number of nitrogens with two attached hydrogens (primary N) is 1. The maximum atomic E-state index is 12.6. The first-order chi connectivity index (χ1) is 27.6. The van der Waals surface area contributed by atoms with Crippen LogP contribution in [0.3, 0.4) is 0 Å². The van der Waals surface area contributed by atoms with Gasteiger partial charge in [-0.3, -0.25) is 18.6 Å². The quantitative estimate of drug-likeness (QED) is 0.0154. The predicted molar refractivity (Wildman–Crippen MR) is 231 cm³/mol. The SMILES string of the molecule is CC/C=C\C/C=C\C/C=C\C/C=C\CCCCCCC(=O)O[C@H](COC(=O)CCC[C@@H](O)/C=C/C=C\C/C=C\C=C\[C@@H](O)CCCCC)COP(=O)(O)OCCN. The second-order valence-corrected chi connectivity index (χ2v) is 15.0. The average molecular weight is 820 g/mol. The molecule has 0 saturated carbocycles. The van der Waals surface area contributed by atoms with Crippen LogP contribution in [-0.4, -0.2) is 71.7 Å². The van der Waals surface area contributed by atoms with Gasteiger partial charge in [-0.1, -0.05) is 143 Å². The molecule has 0 aromatic heterocycles. The Labute approximate surface area is 343 Å². The molecule has 0 aliphatic carbocycles. The summed E-state index contributed by atoms with van der Waals surface area (Å²) in [5.74, 6) is -1.10. The van der Waals surface area contributed by atoms with Gasteiger partial charge in [0, 0.05) is 19.4 Å². The van der Waals surface area contributed by atoms with Gasteiger partial charge in [0.1, 0.15) is 6.61 Å². The zero-order valence-corrected chi connectivity index (χ0v) is 35.6. The molecule has 0 spiro atoms. The van der Waals surface area contributed by atoms with Crippen LogP contribution in [0.4, 0.5) is 0 Å². The van der Waals surface area contributed by atoms with Crippen LogP contribution in [0.2, 0.25) is 0 Å². The Kier molecular flexibility index (Phi) is 37.5. The minimum Gasteiger partial charge on any atom is -0.462 e. The smallest absolute Gasteiger partial charge is 0.462 e. The normalized spacial score (nSPS) is 15.4. The summed E-state index contributed by atoms with van der Waals surface area (Å²) in [4.78, 5) is 34.9. The molecule has 0 radical (unpaired) electrons. The Balaban J connectivity index is 4.48. The van der Waals surface area contributed by atoms with Gasteiger partial charge >= 0.3 is 19.8 Å². The van der Waals surface area contributed by atoms with Gasteiger partial charge in [0.05, 0.1) is 25.4 Å². The van der Waals surface area contributed by atoms with Gasteiger partial charge in [-0.15, -0.1) is 0 Å². The topological polar surface area (TPSA) is 175 Å². The summed E-state index contributed by atoms with van der Waals surface area (Å²) in [6.45, 7) is 3.19. The number of hydrogen-bond donors (Lipinski definition) is 4. The lowest BCUT2D eigenvalue weighted by Gasteiger charge is -2.20. The predicted octanol–water partition coefficient (Wildman–Crippen LogP) is 9.77. The number of aliphatic hydroxyl groups is 2. The molecule has 0 aliphatic rings. The number of phosphoric acid groups is 1. The molecule has 0 fully saturated rings. The number of allylic oxidation sites excluding steroid dienone is 14. The zero-order chi connectivity index (χ0) is 42.1. The lowest BCUT2D eigenvalue weighted by atomic mass is 10.1. The molecule has 0 amide bonds. The van der Waals surface area contributed by atoms with E-state index in [4.69, 9.17) is 24.3 Å². The standard InChI is InChI=1S/C45H74NO10P/c1-3-5-7-8-9-10-11-12-13-14-15-16-17-18-22-25-29-35-45(50)56-43(40-55-57(51,52)54-38-37-46)39-53-44(49)36-30-34-42(48)33-28-24-21-19-20-23-27-32-41(47)31-26-6-4-2/h5,7,9-10,12-13,15-16,20-21,23-24,27-28,32-33,41-43,47-48H,3-4,6,8,11,14,17-19,22,25-26,29-31,34-40,46H2,1-2H3,(H,51,52)/b7-5-,10-9-,13-12-,16-15-,23-20-,24-21-,32-27+,33-28+/t41-,42-,43+/m0/s1. The van der Waals surface area contributed by atoms with Crippen molar-refractivity contribution in [3.8, 4) is 0 Å². The third kappa shape index (κ3) is 39.5. The van der Waals surface area contributed by atoms with Gasteiger partial charge in [0.15, 0.2) is 6.10 Å².